The van der Waals surface area contributed by atoms with Gasteiger partial charge in [-0.3, -0.25) is 14.5 Å². The normalized spacial score (nSPS) is 16.6. The molecule has 1 aliphatic heterocycles. The number of benzene rings is 3. The van der Waals surface area contributed by atoms with Gasteiger partial charge in [0.15, 0.2) is 6.61 Å². The van der Waals surface area contributed by atoms with Crippen LogP contribution < -0.4 is 19.1 Å². The Kier molecular flexibility index (Phi) is 6.91. The molecule has 0 spiro atoms. The number of aliphatic hydroxyl groups excluding tert-OH is 1. The van der Waals surface area contributed by atoms with Crippen molar-refractivity contribution in [1.82, 2.24) is 0 Å². The van der Waals surface area contributed by atoms with Gasteiger partial charge in [0, 0.05) is 11.3 Å². The Balaban J connectivity index is 1.83. The number of carbonyl (C=O) groups is 3. The Morgan fingerprint density at radius 2 is 1.50 bits per heavy atom. The van der Waals surface area contributed by atoms with Crippen LogP contribution in [-0.4, -0.2) is 48.7 Å². The number of hydrogen-bond donors (Lipinski definition) is 2. The summed E-state index contributed by atoms with van der Waals surface area (Å²) < 4.78 is 15.7. The molecule has 1 saturated heterocycles. The average Bonchev–Trinajstić information content (AvgIpc) is 3.17. The molecule has 1 unspecified atom stereocenters. The molecule has 2 N–H and O–H groups in total. The van der Waals surface area contributed by atoms with Gasteiger partial charge in [0.2, 0.25) is 0 Å². The fourth-order valence-electron chi connectivity index (χ4n) is 3.98. The number of amides is 1. The van der Waals surface area contributed by atoms with Crippen LogP contribution in [0.2, 0.25) is 0 Å². The molecule has 36 heavy (non-hydrogen) atoms. The molecule has 4 rings (SSSR count). The van der Waals surface area contributed by atoms with Gasteiger partial charge in [0.1, 0.15) is 23.0 Å². The van der Waals surface area contributed by atoms with E-state index >= 15 is 0 Å². The molecule has 0 aliphatic carbocycles. The Morgan fingerprint density at radius 3 is 2.11 bits per heavy atom. The van der Waals surface area contributed by atoms with Crippen molar-refractivity contribution >= 4 is 29.1 Å². The summed E-state index contributed by atoms with van der Waals surface area (Å²) in [7, 11) is 3.02. The van der Waals surface area contributed by atoms with E-state index in [-0.39, 0.29) is 17.1 Å². The van der Waals surface area contributed by atoms with Crippen molar-refractivity contribution in [2.75, 3.05) is 25.7 Å². The fourth-order valence-corrected chi connectivity index (χ4v) is 3.98. The predicted octanol–water partition coefficient (Wildman–Crippen LogP) is 3.79. The van der Waals surface area contributed by atoms with Crippen LogP contribution in [0.15, 0.2) is 78.4 Å². The van der Waals surface area contributed by atoms with Crippen LogP contribution in [0.1, 0.15) is 17.2 Å². The van der Waals surface area contributed by atoms with Crippen LogP contribution in [0.5, 0.6) is 17.2 Å². The highest BCUT2D eigenvalue weighted by Crippen LogP contribution is 2.43. The number of rotatable bonds is 8. The van der Waals surface area contributed by atoms with Gasteiger partial charge in [-0.05, 0) is 66.2 Å². The molecule has 9 heteroatoms. The fraction of sp³-hybridized carbons (Fsp3) is 0.148. The highest BCUT2D eigenvalue weighted by atomic mass is 16.5. The Bertz CT molecular complexity index is 1330. The number of anilines is 1. The molecule has 9 nitrogen and oxygen atoms in total. The molecule has 1 atom stereocenters. The first-order valence-corrected chi connectivity index (χ1v) is 10.9. The number of aliphatic carboxylic acids is 1. The maximum Gasteiger partial charge on any atom is 0.341 e. The zero-order valence-corrected chi connectivity index (χ0v) is 19.5. The zero-order chi connectivity index (χ0) is 25.8. The van der Waals surface area contributed by atoms with E-state index in [0.29, 0.717) is 28.3 Å². The molecule has 3 aromatic carbocycles. The van der Waals surface area contributed by atoms with Gasteiger partial charge in [0.05, 0.1) is 25.8 Å². The third-order valence-corrected chi connectivity index (χ3v) is 5.69. The summed E-state index contributed by atoms with van der Waals surface area (Å²) in [4.78, 5) is 38.6. The minimum atomic E-state index is -1.12. The summed E-state index contributed by atoms with van der Waals surface area (Å²) in [6, 6.07) is 18.5. The van der Waals surface area contributed by atoms with Gasteiger partial charge in [-0.1, -0.05) is 12.1 Å². The molecule has 0 aromatic heterocycles. The lowest BCUT2D eigenvalue weighted by molar-refractivity contribution is -0.139. The molecule has 1 amide bonds. The van der Waals surface area contributed by atoms with Crippen molar-refractivity contribution < 1.29 is 38.8 Å². The van der Waals surface area contributed by atoms with Crippen molar-refractivity contribution in [3.8, 4) is 17.2 Å². The van der Waals surface area contributed by atoms with E-state index in [1.54, 1.807) is 60.7 Å². The Labute approximate surface area is 206 Å². The lowest BCUT2D eigenvalue weighted by Gasteiger charge is -2.26. The molecular weight excluding hydrogens is 466 g/mol. The van der Waals surface area contributed by atoms with Crippen molar-refractivity contribution in [3.05, 3.63) is 89.5 Å². The quantitative estimate of drug-likeness (QED) is 0.278. The maximum atomic E-state index is 13.3. The number of ketones is 1. The van der Waals surface area contributed by atoms with Crippen LogP contribution >= 0.6 is 0 Å². The molecule has 1 fully saturated rings. The molecule has 1 aliphatic rings. The number of Topliss-reactive ketones (excluding diaryl/α,β-unsaturated/α-hetero) is 1. The van der Waals surface area contributed by atoms with Gasteiger partial charge < -0.3 is 24.4 Å². The topological polar surface area (TPSA) is 123 Å². The van der Waals surface area contributed by atoms with Crippen LogP contribution in [0.4, 0.5) is 5.69 Å². The minimum absolute atomic E-state index is 0.0791. The predicted molar refractivity (Wildman–Crippen MR) is 130 cm³/mol. The second kappa shape index (κ2) is 10.2. The van der Waals surface area contributed by atoms with Crippen LogP contribution in [-0.2, 0) is 14.4 Å². The van der Waals surface area contributed by atoms with E-state index < -0.39 is 30.3 Å². The van der Waals surface area contributed by atoms with Crippen LogP contribution in [0.3, 0.4) is 0 Å². The van der Waals surface area contributed by atoms with Crippen molar-refractivity contribution in [2.24, 2.45) is 0 Å². The van der Waals surface area contributed by atoms with Gasteiger partial charge in [0.25, 0.3) is 11.7 Å². The lowest BCUT2D eigenvalue weighted by atomic mass is 9.95. The monoisotopic (exact) mass is 489 g/mol. The van der Waals surface area contributed by atoms with Crippen molar-refractivity contribution in [3.63, 3.8) is 0 Å². The van der Waals surface area contributed by atoms with E-state index in [4.69, 9.17) is 19.3 Å². The Hall–Kier alpha value is -4.79. The molecule has 3 aromatic rings. The lowest BCUT2D eigenvalue weighted by Crippen LogP contribution is -2.29. The summed E-state index contributed by atoms with van der Waals surface area (Å²) >= 11 is 0. The first kappa shape index (κ1) is 24.3. The van der Waals surface area contributed by atoms with E-state index in [0.717, 1.165) is 0 Å². The first-order chi connectivity index (χ1) is 17.3. The second-order valence-electron chi connectivity index (χ2n) is 7.85. The molecule has 0 bridgehead atoms. The standard InChI is InChI=1S/C27H23NO8/c1-34-19-10-6-16(7-11-19)25(31)23-24(17-4-3-5-21(14-17)35-2)28(27(33)26(23)32)18-8-12-20(13-9-18)36-15-22(29)30/h3-14,24,31H,15H2,1-2H3,(H,29,30)/b25-23-. The number of carboxylic acid groups (broad SMARTS) is 1. The van der Waals surface area contributed by atoms with E-state index in [2.05, 4.69) is 0 Å². The molecule has 1 heterocycles. The third-order valence-electron chi connectivity index (χ3n) is 5.69. The van der Waals surface area contributed by atoms with Crippen molar-refractivity contribution in [1.29, 1.82) is 0 Å². The average molecular weight is 489 g/mol. The SMILES string of the molecule is COc1ccc(/C(O)=C2/C(=O)C(=O)N(c3ccc(OCC(=O)O)cc3)C2c2cccc(OC)c2)cc1. The van der Waals surface area contributed by atoms with E-state index in [9.17, 15) is 19.5 Å². The molecular formula is C27H23NO8. The number of aliphatic hydroxyl groups is 1. The Morgan fingerprint density at radius 1 is 0.861 bits per heavy atom. The maximum absolute atomic E-state index is 13.3. The van der Waals surface area contributed by atoms with Gasteiger partial charge in [-0.2, -0.15) is 0 Å². The van der Waals surface area contributed by atoms with Gasteiger partial charge in [-0.25, -0.2) is 4.79 Å². The number of nitrogens with zero attached hydrogens (tertiary/aromatic N) is 1. The van der Waals surface area contributed by atoms with Crippen LogP contribution in [0.25, 0.3) is 5.76 Å². The van der Waals surface area contributed by atoms with Crippen molar-refractivity contribution in [2.45, 2.75) is 6.04 Å². The number of carboxylic acids is 1. The summed E-state index contributed by atoms with van der Waals surface area (Å²) in [6.07, 6.45) is 0. The highest BCUT2D eigenvalue weighted by Gasteiger charge is 2.47. The van der Waals surface area contributed by atoms with Gasteiger partial charge >= 0.3 is 5.97 Å². The molecule has 184 valence electrons. The number of hydrogen-bond acceptors (Lipinski definition) is 7. The summed E-state index contributed by atoms with van der Waals surface area (Å²) in [5, 5.41) is 20.0. The third kappa shape index (κ3) is 4.72. The van der Waals surface area contributed by atoms with E-state index in [1.165, 1.54) is 31.3 Å². The largest absolute Gasteiger partial charge is 0.507 e. The van der Waals surface area contributed by atoms with E-state index in [1.807, 2.05) is 0 Å². The number of carbonyl (C=O) groups excluding carboxylic acids is 2. The summed E-state index contributed by atoms with van der Waals surface area (Å²) in [5.74, 6) is -1.75. The zero-order valence-electron chi connectivity index (χ0n) is 19.5. The molecule has 0 saturated carbocycles. The second-order valence-corrected chi connectivity index (χ2v) is 7.85. The minimum Gasteiger partial charge on any atom is -0.507 e. The van der Waals surface area contributed by atoms with Gasteiger partial charge in [-0.15, -0.1) is 0 Å². The first-order valence-electron chi connectivity index (χ1n) is 10.9. The molecule has 0 radical (unpaired) electrons. The highest BCUT2D eigenvalue weighted by molar-refractivity contribution is 6.51. The number of methoxy groups -OCH3 is 2. The summed E-state index contributed by atoms with van der Waals surface area (Å²) in [6.45, 7) is -0.518. The summed E-state index contributed by atoms with van der Waals surface area (Å²) in [5.41, 5.74) is 1.18. The smallest absolute Gasteiger partial charge is 0.341 e. The van der Waals surface area contributed by atoms with Crippen LogP contribution in [0, 0.1) is 0 Å². The number of ether oxygens (including phenoxy) is 3.